The predicted octanol–water partition coefficient (Wildman–Crippen LogP) is 0.722. The molecule has 58 valence electrons. The van der Waals surface area contributed by atoms with Crippen LogP contribution in [0.4, 0.5) is 0 Å². The highest BCUT2D eigenvalue weighted by Crippen LogP contribution is 2.37. The summed E-state index contributed by atoms with van der Waals surface area (Å²) in [6, 6.07) is 1.83. The number of nitriles is 1. The smallest absolute Gasteiger partial charge is 0.259 e. The lowest BCUT2D eigenvalue weighted by molar-refractivity contribution is -0.114. The number of nitrogens with zero attached hydrogens (tertiary/aromatic N) is 1. The molecule has 0 unspecified atom stereocenters. The van der Waals surface area contributed by atoms with E-state index < -0.39 is 5.91 Å². The van der Waals surface area contributed by atoms with Crippen molar-refractivity contribution in [3.8, 4) is 6.07 Å². The van der Waals surface area contributed by atoms with Gasteiger partial charge in [0.2, 0.25) is 0 Å². The molecule has 0 saturated heterocycles. The van der Waals surface area contributed by atoms with Crippen LogP contribution < -0.4 is 5.73 Å². The standard InChI is InChI=1S/C8H10N2O/c1-5(6-2-3-6)7(4-9)8(10)11/h6H,2-3H2,1H3,(H2,10,11). The molecule has 0 heterocycles. The van der Waals surface area contributed by atoms with Crippen molar-refractivity contribution < 1.29 is 4.79 Å². The van der Waals surface area contributed by atoms with Crippen molar-refractivity contribution >= 4 is 5.91 Å². The molecule has 3 heteroatoms. The maximum atomic E-state index is 10.6. The van der Waals surface area contributed by atoms with Crippen LogP contribution in [0, 0.1) is 17.2 Å². The van der Waals surface area contributed by atoms with Crippen LogP contribution >= 0.6 is 0 Å². The summed E-state index contributed by atoms with van der Waals surface area (Å²) in [5, 5.41) is 8.53. The second-order valence-corrected chi connectivity index (χ2v) is 2.81. The minimum Gasteiger partial charge on any atom is -0.365 e. The van der Waals surface area contributed by atoms with E-state index in [0.717, 1.165) is 18.4 Å². The van der Waals surface area contributed by atoms with Crippen molar-refractivity contribution in [2.75, 3.05) is 0 Å². The van der Waals surface area contributed by atoms with Gasteiger partial charge in [-0.3, -0.25) is 4.79 Å². The van der Waals surface area contributed by atoms with E-state index in [9.17, 15) is 4.79 Å². The lowest BCUT2D eigenvalue weighted by atomic mass is 10.1. The molecular formula is C8H10N2O. The van der Waals surface area contributed by atoms with Crippen LogP contribution in [0.3, 0.4) is 0 Å². The van der Waals surface area contributed by atoms with Gasteiger partial charge in [-0.05, 0) is 31.3 Å². The lowest BCUT2D eigenvalue weighted by Gasteiger charge is -1.97. The Morgan fingerprint density at radius 1 is 1.64 bits per heavy atom. The summed E-state index contributed by atoms with van der Waals surface area (Å²) in [5.74, 6) is -0.158. The summed E-state index contributed by atoms with van der Waals surface area (Å²) in [5.41, 5.74) is 6.00. The summed E-state index contributed by atoms with van der Waals surface area (Å²) >= 11 is 0. The fourth-order valence-corrected chi connectivity index (χ4v) is 1.06. The van der Waals surface area contributed by atoms with Crippen molar-refractivity contribution in [2.24, 2.45) is 11.7 Å². The van der Waals surface area contributed by atoms with Gasteiger partial charge in [-0.1, -0.05) is 0 Å². The Kier molecular flexibility index (Phi) is 1.95. The molecule has 0 spiro atoms. The predicted molar refractivity (Wildman–Crippen MR) is 40.2 cm³/mol. The van der Waals surface area contributed by atoms with Gasteiger partial charge in [0.15, 0.2) is 0 Å². The Labute approximate surface area is 65.5 Å². The Balaban J connectivity index is 2.88. The van der Waals surface area contributed by atoms with Crippen LogP contribution in [0.25, 0.3) is 0 Å². The van der Waals surface area contributed by atoms with E-state index in [1.807, 2.05) is 6.07 Å². The van der Waals surface area contributed by atoms with Gasteiger partial charge < -0.3 is 5.73 Å². The fourth-order valence-electron chi connectivity index (χ4n) is 1.06. The first-order valence-corrected chi connectivity index (χ1v) is 3.57. The normalized spacial score (nSPS) is 18.5. The number of hydrogen-bond acceptors (Lipinski definition) is 2. The Morgan fingerprint density at radius 2 is 2.18 bits per heavy atom. The van der Waals surface area contributed by atoms with Crippen LogP contribution in [0.15, 0.2) is 11.1 Å². The van der Waals surface area contributed by atoms with Crippen molar-refractivity contribution in [1.29, 1.82) is 5.26 Å². The minimum atomic E-state index is -0.600. The number of carbonyl (C=O) groups excluding carboxylic acids is 1. The van der Waals surface area contributed by atoms with Crippen LogP contribution in [0.1, 0.15) is 19.8 Å². The quantitative estimate of drug-likeness (QED) is 0.465. The number of amides is 1. The molecule has 0 bridgehead atoms. The Hall–Kier alpha value is -1.30. The van der Waals surface area contributed by atoms with E-state index in [1.54, 1.807) is 6.92 Å². The molecular weight excluding hydrogens is 140 g/mol. The summed E-state index contributed by atoms with van der Waals surface area (Å²) < 4.78 is 0. The number of carbonyl (C=O) groups is 1. The third-order valence-electron chi connectivity index (χ3n) is 1.94. The van der Waals surface area contributed by atoms with E-state index in [-0.39, 0.29) is 5.57 Å². The number of rotatable bonds is 2. The monoisotopic (exact) mass is 150 g/mol. The van der Waals surface area contributed by atoms with E-state index in [1.165, 1.54) is 0 Å². The van der Waals surface area contributed by atoms with Gasteiger partial charge in [0.05, 0.1) is 0 Å². The number of hydrogen-bond donors (Lipinski definition) is 1. The SMILES string of the molecule is CC(=C(C#N)C(N)=O)C1CC1. The summed E-state index contributed by atoms with van der Waals surface area (Å²) in [4.78, 5) is 10.6. The molecule has 1 saturated carbocycles. The summed E-state index contributed by atoms with van der Waals surface area (Å²) in [6.07, 6.45) is 2.18. The molecule has 3 nitrogen and oxygen atoms in total. The molecule has 1 aliphatic rings. The van der Waals surface area contributed by atoms with Crippen LogP contribution in [-0.4, -0.2) is 5.91 Å². The molecule has 0 radical (unpaired) electrons. The molecule has 2 N–H and O–H groups in total. The van der Waals surface area contributed by atoms with E-state index in [0.29, 0.717) is 5.92 Å². The third kappa shape index (κ3) is 1.58. The zero-order chi connectivity index (χ0) is 8.43. The van der Waals surface area contributed by atoms with Gasteiger partial charge in [0.1, 0.15) is 11.6 Å². The average Bonchev–Trinajstić information content (AvgIpc) is 2.68. The highest BCUT2D eigenvalue weighted by atomic mass is 16.1. The topological polar surface area (TPSA) is 66.9 Å². The summed E-state index contributed by atoms with van der Waals surface area (Å²) in [7, 11) is 0. The first-order chi connectivity index (χ1) is 5.16. The molecule has 0 atom stereocenters. The third-order valence-corrected chi connectivity index (χ3v) is 1.94. The minimum absolute atomic E-state index is 0.146. The van der Waals surface area contributed by atoms with Crippen LogP contribution in [0.5, 0.6) is 0 Å². The molecule has 11 heavy (non-hydrogen) atoms. The van der Waals surface area contributed by atoms with Crippen molar-refractivity contribution in [2.45, 2.75) is 19.8 Å². The largest absolute Gasteiger partial charge is 0.365 e. The fraction of sp³-hybridized carbons (Fsp3) is 0.500. The van der Waals surface area contributed by atoms with Crippen LogP contribution in [0.2, 0.25) is 0 Å². The van der Waals surface area contributed by atoms with Gasteiger partial charge in [-0.2, -0.15) is 5.26 Å². The maximum Gasteiger partial charge on any atom is 0.259 e. The average molecular weight is 150 g/mol. The molecule has 0 aromatic rings. The Bertz CT molecular complexity index is 256. The van der Waals surface area contributed by atoms with Crippen molar-refractivity contribution in [1.82, 2.24) is 0 Å². The summed E-state index contributed by atoms with van der Waals surface area (Å²) in [6.45, 7) is 1.81. The van der Waals surface area contributed by atoms with E-state index in [2.05, 4.69) is 0 Å². The first-order valence-electron chi connectivity index (χ1n) is 3.57. The maximum absolute atomic E-state index is 10.6. The van der Waals surface area contributed by atoms with Crippen molar-refractivity contribution in [3.63, 3.8) is 0 Å². The highest BCUT2D eigenvalue weighted by Gasteiger charge is 2.26. The number of allylic oxidation sites excluding steroid dienone is 1. The Morgan fingerprint density at radius 3 is 2.45 bits per heavy atom. The lowest BCUT2D eigenvalue weighted by Crippen LogP contribution is -2.14. The molecule has 1 fully saturated rings. The zero-order valence-electron chi connectivity index (χ0n) is 6.42. The molecule has 1 rings (SSSR count). The van der Waals surface area contributed by atoms with Gasteiger partial charge in [-0.25, -0.2) is 0 Å². The van der Waals surface area contributed by atoms with Crippen molar-refractivity contribution in [3.05, 3.63) is 11.1 Å². The highest BCUT2D eigenvalue weighted by molar-refractivity contribution is 5.96. The molecule has 1 aliphatic carbocycles. The van der Waals surface area contributed by atoms with Crippen LogP contribution in [-0.2, 0) is 4.79 Å². The van der Waals surface area contributed by atoms with Gasteiger partial charge in [0.25, 0.3) is 5.91 Å². The molecule has 1 amide bonds. The molecule has 0 aliphatic heterocycles. The zero-order valence-corrected chi connectivity index (χ0v) is 6.42. The number of nitrogens with two attached hydrogens (primary N) is 1. The van der Waals surface area contributed by atoms with Gasteiger partial charge in [0, 0.05) is 0 Å². The van der Waals surface area contributed by atoms with E-state index >= 15 is 0 Å². The van der Waals surface area contributed by atoms with E-state index in [4.69, 9.17) is 11.0 Å². The second kappa shape index (κ2) is 2.75. The van der Waals surface area contributed by atoms with Gasteiger partial charge in [-0.15, -0.1) is 0 Å². The van der Waals surface area contributed by atoms with Gasteiger partial charge >= 0.3 is 0 Å². The number of primary amides is 1. The first kappa shape index (κ1) is 7.80. The molecule has 0 aromatic heterocycles. The second-order valence-electron chi connectivity index (χ2n) is 2.81. The molecule has 0 aromatic carbocycles.